The molecular formula is C9H7ClF2O. The number of halogens is 3. The largest absolute Gasteiger partial charge is 0.293 e. The van der Waals surface area contributed by atoms with E-state index in [2.05, 4.69) is 0 Å². The summed E-state index contributed by atoms with van der Waals surface area (Å²) in [4.78, 5) is 11.1. The van der Waals surface area contributed by atoms with Crippen molar-refractivity contribution < 1.29 is 13.6 Å². The molecule has 1 aromatic rings. The summed E-state index contributed by atoms with van der Waals surface area (Å²) in [6.45, 7) is 1.53. The molecule has 0 saturated heterocycles. The van der Waals surface area contributed by atoms with Crippen LogP contribution < -0.4 is 0 Å². The third-order valence-corrected chi connectivity index (χ3v) is 1.95. The van der Waals surface area contributed by atoms with E-state index in [1.54, 1.807) is 0 Å². The summed E-state index contributed by atoms with van der Waals surface area (Å²) in [5.74, 6) is -3.10. The first kappa shape index (κ1) is 10.1. The zero-order valence-corrected chi connectivity index (χ0v) is 7.66. The Balaban J connectivity index is 3.33. The highest BCUT2D eigenvalue weighted by atomic mass is 35.5. The molecule has 0 unspecified atom stereocenters. The van der Waals surface area contributed by atoms with E-state index >= 15 is 0 Å². The Hall–Kier alpha value is -0.960. The van der Waals surface area contributed by atoms with Crippen molar-refractivity contribution in [2.45, 2.75) is 6.92 Å². The summed E-state index contributed by atoms with van der Waals surface area (Å²) in [5, 5.41) is 0. The number of Topliss-reactive ketones (excluding diaryl/α,β-unsaturated/α-hetero) is 1. The molecule has 0 bridgehead atoms. The van der Waals surface area contributed by atoms with Gasteiger partial charge in [0.05, 0.1) is 11.4 Å². The number of carbonyl (C=O) groups excluding carboxylic acids is 1. The average Bonchev–Trinajstić information content (AvgIpc) is 2.12. The molecule has 0 amide bonds. The molecule has 0 heterocycles. The van der Waals surface area contributed by atoms with Gasteiger partial charge in [-0.05, 0) is 18.6 Å². The molecule has 70 valence electrons. The predicted molar refractivity (Wildman–Crippen MR) is 46.1 cm³/mol. The summed E-state index contributed by atoms with van der Waals surface area (Å²) >= 11 is 5.24. The van der Waals surface area contributed by atoms with Gasteiger partial charge in [-0.1, -0.05) is 6.07 Å². The van der Waals surface area contributed by atoms with Crippen molar-refractivity contribution in [1.82, 2.24) is 0 Å². The maximum Gasteiger partial charge on any atom is 0.180 e. The summed E-state index contributed by atoms with van der Waals surface area (Å²) < 4.78 is 25.7. The highest BCUT2D eigenvalue weighted by Crippen LogP contribution is 2.17. The van der Waals surface area contributed by atoms with E-state index in [0.29, 0.717) is 5.56 Å². The number of carbonyl (C=O) groups is 1. The molecule has 4 heteroatoms. The lowest BCUT2D eigenvalue weighted by molar-refractivity contribution is 0.101. The van der Waals surface area contributed by atoms with Gasteiger partial charge in [-0.2, -0.15) is 0 Å². The summed E-state index contributed by atoms with van der Waals surface area (Å²) in [7, 11) is 0. The Kier molecular flexibility index (Phi) is 2.98. The fourth-order valence-electron chi connectivity index (χ4n) is 1.06. The van der Waals surface area contributed by atoms with Crippen molar-refractivity contribution in [3.05, 3.63) is 34.9 Å². The van der Waals surface area contributed by atoms with Crippen molar-refractivity contribution in [3.8, 4) is 0 Å². The Morgan fingerprint density at radius 1 is 1.46 bits per heavy atom. The summed E-state index contributed by atoms with van der Waals surface area (Å²) in [6, 6.07) is 2.33. The van der Waals surface area contributed by atoms with Gasteiger partial charge in [0, 0.05) is 0 Å². The number of aryl methyl sites for hydroxylation is 1. The van der Waals surface area contributed by atoms with Crippen molar-refractivity contribution in [1.29, 1.82) is 0 Å². The van der Waals surface area contributed by atoms with Gasteiger partial charge in [-0.25, -0.2) is 8.78 Å². The molecule has 0 fully saturated rings. The fourth-order valence-corrected chi connectivity index (χ4v) is 1.19. The standard InChI is InChI=1S/C9H7ClF2O/c1-5-2-3-6(11)9(12)8(5)7(13)4-10/h2-3H,4H2,1H3. The van der Waals surface area contributed by atoms with Crippen LogP contribution in [-0.4, -0.2) is 11.7 Å². The second-order valence-corrected chi connectivity index (χ2v) is 2.88. The molecule has 0 radical (unpaired) electrons. The monoisotopic (exact) mass is 204 g/mol. The topological polar surface area (TPSA) is 17.1 Å². The first-order chi connectivity index (χ1) is 6.07. The first-order valence-corrected chi connectivity index (χ1v) is 4.15. The van der Waals surface area contributed by atoms with Gasteiger partial charge in [0.15, 0.2) is 17.4 Å². The van der Waals surface area contributed by atoms with E-state index in [-0.39, 0.29) is 11.4 Å². The number of rotatable bonds is 2. The maximum atomic E-state index is 13.0. The van der Waals surface area contributed by atoms with Crippen LogP contribution in [-0.2, 0) is 0 Å². The molecule has 1 rings (SSSR count). The third kappa shape index (κ3) is 1.86. The van der Waals surface area contributed by atoms with Gasteiger partial charge < -0.3 is 0 Å². The molecule has 0 aliphatic heterocycles. The van der Waals surface area contributed by atoms with Crippen LogP contribution in [0.2, 0.25) is 0 Å². The molecule has 13 heavy (non-hydrogen) atoms. The minimum Gasteiger partial charge on any atom is -0.293 e. The second-order valence-electron chi connectivity index (χ2n) is 2.61. The zero-order valence-electron chi connectivity index (χ0n) is 6.90. The van der Waals surface area contributed by atoms with Gasteiger partial charge >= 0.3 is 0 Å². The number of hydrogen-bond donors (Lipinski definition) is 0. The second kappa shape index (κ2) is 3.83. The van der Waals surface area contributed by atoms with Crippen LogP contribution in [0.15, 0.2) is 12.1 Å². The Labute approximate surface area is 79.3 Å². The highest BCUT2D eigenvalue weighted by molar-refractivity contribution is 6.30. The van der Waals surface area contributed by atoms with E-state index in [1.165, 1.54) is 13.0 Å². The number of benzene rings is 1. The average molecular weight is 205 g/mol. The maximum absolute atomic E-state index is 13.0. The molecule has 0 aromatic heterocycles. The zero-order chi connectivity index (χ0) is 10.0. The smallest absolute Gasteiger partial charge is 0.180 e. The SMILES string of the molecule is Cc1ccc(F)c(F)c1C(=O)CCl. The minimum atomic E-state index is -1.12. The van der Waals surface area contributed by atoms with Crippen LogP contribution in [0.25, 0.3) is 0 Å². The van der Waals surface area contributed by atoms with Crippen LogP contribution in [0.4, 0.5) is 8.78 Å². The van der Waals surface area contributed by atoms with Crippen molar-refractivity contribution in [2.24, 2.45) is 0 Å². The molecule has 0 aliphatic carbocycles. The van der Waals surface area contributed by atoms with Gasteiger partial charge in [0.1, 0.15) is 0 Å². The van der Waals surface area contributed by atoms with Crippen LogP contribution in [0.5, 0.6) is 0 Å². The predicted octanol–water partition coefficient (Wildman–Crippen LogP) is 2.69. The lowest BCUT2D eigenvalue weighted by Crippen LogP contribution is -2.08. The number of ketones is 1. The Morgan fingerprint density at radius 2 is 2.08 bits per heavy atom. The molecule has 0 aliphatic rings. The first-order valence-electron chi connectivity index (χ1n) is 3.61. The van der Waals surface area contributed by atoms with Crippen LogP contribution in [0.3, 0.4) is 0 Å². The fraction of sp³-hybridized carbons (Fsp3) is 0.222. The van der Waals surface area contributed by atoms with E-state index in [4.69, 9.17) is 11.6 Å². The van der Waals surface area contributed by atoms with E-state index in [1.807, 2.05) is 0 Å². The molecule has 0 saturated carbocycles. The van der Waals surface area contributed by atoms with E-state index < -0.39 is 17.4 Å². The highest BCUT2D eigenvalue weighted by Gasteiger charge is 2.16. The Bertz CT molecular complexity index is 350. The number of hydrogen-bond acceptors (Lipinski definition) is 1. The normalized spacial score (nSPS) is 10.2. The lowest BCUT2D eigenvalue weighted by atomic mass is 10.0. The number of alkyl halides is 1. The van der Waals surface area contributed by atoms with Crippen LogP contribution in [0, 0.1) is 18.6 Å². The molecule has 0 atom stereocenters. The van der Waals surface area contributed by atoms with Crippen molar-refractivity contribution in [3.63, 3.8) is 0 Å². The van der Waals surface area contributed by atoms with Crippen molar-refractivity contribution >= 4 is 17.4 Å². The van der Waals surface area contributed by atoms with Gasteiger partial charge in [-0.3, -0.25) is 4.79 Å². The van der Waals surface area contributed by atoms with Crippen LogP contribution in [0.1, 0.15) is 15.9 Å². The van der Waals surface area contributed by atoms with Gasteiger partial charge in [0.25, 0.3) is 0 Å². The summed E-state index contributed by atoms with van der Waals surface area (Å²) in [5.41, 5.74) is 0.138. The van der Waals surface area contributed by atoms with Gasteiger partial charge in [0.2, 0.25) is 0 Å². The minimum absolute atomic E-state index is 0.255. The van der Waals surface area contributed by atoms with Crippen LogP contribution >= 0.6 is 11.6 Å². The third-order valence-electron chi connectivity index (χ3n) is 1.70. The molecular weight excluding hydrogens is 198 g/mol. The Morgan fingerprint density at radius 3 is 2.62 bits per heavy atom. The summed E-state index contributed by atoms with van der Waals surface area (Å²) in [6.07, 6.45) is 0. The molecule has 0 spiro atoms. The quantitative estimate of drug-likeness (QED) is 0.535. The molecule has 1 nitrogen and oxygen atoms in total. The molecule has 0 N–H and O–H groups in total. The molecule has 1 aromatic carbocycles. The van der Waals surface area contributed by atoms with E-state index in [0.717, 1.165) is 6.07 Å². The van der Waals surface area contributed by atoms with E-state index in [9.17, 15) is 13.6 Å². The lowest BCUT2D eigenvalue weighted by Gasteiger charge is -2.04. The van der Waals surface area contributed by atoms with Gasteiger partial charge in [-0.15, -0.1) is 11.6 Å². The van der Waals surface area contributed by atoms with Crippen molar-refractivity contribution in [2.75, 3.05) is 5.88 Å².